The van der Waals surface area contributed by atoms with Crippen molar-refractivity contribution >= 4 is 5.57 Å². The molecule has 2 aliphatic carbocycles. The van der Waals surface area contributed by atoms with Gasteiger partial charge in [-0.3, -0.25) is 0 Å². The first-order chi connectivity index (χ1) is 5.86. The van der Waals surface area contributed by atoms with E-state index in [4.69, 9.17) is 0 Å². The van der Waals surface area contributed by atoms with Crippen LogP contribution in [-0.2, 0) is 6.42 Å². The average Bonchev–Trinajstić information content (AvgIpc) is 2.39. The van der Waals surface area contributed by atoms with E-state index in [-0.39, 0.29) is 0 Å². The van der Waals surface area contributed by atoms with Crippen molar-refractivity contribution < 1.29 is 0 Å². The molecule has 0 heteroatoms. The number of fused-ring (bicyclic) bond motifs is 2. The number of hydrogen-bond donors (Lipinski definition) is 0. The summed E-state index contributed by atoms with van der Waals surface area (Å²) in [5, 5.41) is 0. The molecule has 0 amide bonds. The molecule has 0 nitrogen and oxygen atoms in total. The molecule has 0 fully saturated rings. The summed E-state index contributed by atoms with van der Waals surface area (Å²) in [6.45, 7) is 2.34. The second-order valence-corrected chi connectivity index (χ2v) is 3.94. The van der Waals surface area contributed by atoms with E-state index in [1.54, 1.807) is 16.7 Å². The van der Waals surface area contributed by atoms with Crippen LogP contribution in [0.5, 0.6) is 0 Å². The molecule has 0 saturated carbocycles. The van der Waals surface area contributed by atoms with Crippen LogP contribution >= 0.6 is 0 Å². The van der Waals surface area contributed by atoms with Gasteiger partial charge in [0.15, 0.2) is 0 Å². The molecule has 0 aliphatic heterocycles. The first-order valence-electron chi connectivity index (χ1n) is 4.66. The zero-order valence-corrected chi connectivity index (χ0v) is 7.30. The van der Waals surface area contributed by atoms with E-state index in [2.05, 4.69) is 31.2 Å². The highest BCUT2D eigenvalue weighted by Gasteiger charge is 2.32. The third-order valence-electron chi connectivity index (χ3n) is 3.22. The maximum Gasteiger partial charge on any atom is -0.00522 e. The van der Waals surface area contributed by atoms with Gasteiger partial charge in [0.1, 0.15) is 0 Å². The Morgan fingerprint density at radius 2 is 2.08 bits per heavy atom. The van der Waals surface area contributed by atoms with Crippen LogP contribution in [0.2, 0.25) is 0 Å². The van der Waals surface area contributed by atoms with Gasteiger partial charge in [-0.2, -0.15) is 0 Å². The van der Waals surface area contributed by atoms with E-state index in [1.165, 1.54) is 18.4 Å². The highest BCUT2D eigenvalue weighted by atomic mass is 14.4. The lowest BCUT2D eigenvalue weighted by Gasteiger charge is -2.25. The molecule has 1 aromatic carbocycles. The molecule has 0 bridgehead atoms. The fourth-order valence-electron chi connectivity index (χ4n) is 2.46. The summed E-state index contributed by atoms with van der Waals surface area (Å²) >= 11 is 0. The average molecular weight is 156 g/mol. The summed E-state index contributed by atoms with van der Waals surface area (Å²) < 4.78 is 0. The van der Waals surface area contributed by atoms with Gasteiger partial charge in [-0.15, -0.1) is 0 Å². The quantitative estimate of drug-likeness (QED) is 0.541. The van der Waals surface area contributed by atoms with Gasteiger partial charge < -0.3 is 0 Å². The summed E-state index contributed by atoms with van der Waals surface area (Å²) in [5.74, 6) is 0.854. The van der Waals surface area contributed by atoms with Crippen molar-refractivity contribution in [2.45, 2.75) is 19.8 Å². The fourth-order valence-corrected chi connectivity index (χ4v) is 2.46. The van der Waals surface area contributed by atoms with Crippen LogP contribution < -0.4 is 0 Å². The Morgan fingerprint density at radius 1 is 1.25 bits per heavy atom. The van der Waals surface area contributed by atoms with Crippen LogP contribution in [0, 0.1) is 5.92 Å². The molecule has 2 aliphatic rings. The largest absolute Gasteiger partial charge is 0.0619 e. The van der Waals surface area contributed by atoms with Crippen molar-refractivity contribution in [3.05, 3.63) is 41.0 Å². The highest BCUT2D eigenvalue weighted by molar-refractivity contribution is 5.81. The zero-order valence-electron chi connectivity index (χ0n) is 7.30. The third kappa shape index (κ3) is 0.632. The Balaban J connectivity index is 2.17. The van der Waals surface area contributed by atoms with Crippen molar-refractivity contribution in [2.24, 2.45) is 5.92 Å². The fraction of sp³-hybridized carbons (Fsp3) is 0.333. The van der Waals surface area contributed by atoms with Gasteiger partial charge in [0.25, 0.3) is 0 Å². The monoisotopic (exact) mass is 156 g/mol. The summed E-state index contributed by atoms with van der Waals surface area (Å²) in [5.41, 5.74) is 6.44. The molecule has 3 rings (SSSR count). The second kappa shape index (κ2) is 2.01. The van der Waals surface area contributed by atoms with Gasteiger partial charge in [0.05, 0.1) is 0 Å². The van der Waals surface area contributed by atoms with Gasteiger partial charge in [0, 0.05) is 0 Å². The number of rotatable bonds is 0. The van der Waals surface area contributed by atoms with Crippen molar-refractivity contribution in [3.63, 3.8) is 0 Å². The molecule has 0 radical (unpaired) electrons. The maximum atomic E-state index is 2.34. The minimum Gasteiger partial charge on any atom is -0.0619 e. The lowest BCUT2D eigenvalue weighted by Crippen LogP contribution is -2.10. The van der Waals surface area contributed by atoms with Crippen molar-refractivity contribution in [1.82, 2.24) is 0 Å². The topological polar surface area (TPSA) is 0 Å². The highest BCUT2D eigenvalue weighted by Crippen LogP contribution is 2.48. The lowest BCUT2D eigenvalue weighted by atomic mass is 9.79. The van der Waals surface area contributed by atoms with Crippen LogP contribution in [0.1, 0.15) is 24.5 Å². The molecule has 1 aromatic rings. The van der Waals surface area contributed by atoms with Crippen molar-refractivity contribution in [2.75, 3.05) is 0 Å². The predicted octanol–water partition coefficient (Wildman–Crippen LogP) is 3.04. The molecule has 0 spiro atoms. The third-order valence-corrected chi connectivity index (χ3v) is 3.22. The second-order valence-electron chi connectivity index (χ2n) is 3.94. The molecule has 0 saturated heterocycles. The molecule has 0 N–H and O–H groups in total. The molecular formula is C12H12. The first kappa shape index (κ1) is 6.47. The van der Waals surface area contributed by atoms with Gasteiger partial charge in [-0.1, -0.05) is 36.8 Å². The van der Waals surface area contributed by atoms with E-state index < -0.39 is 0 Å². The van der Waals surface area contributed by atoms with E-state index >= 15 is 0 Å². The molecule has 0 heterocycles. The Hall–Kier alpha value is -1.04. The van der Waals surface area contributed by atoms with Crippen LogP contribution in [0.3, 0.4) is 0 Å². The van der Waals surface area contributed by atoms with E-state index in [1.807, 2.05) is 0 Å². The van der Waals surface area contributed by atoms with Crippen LogP contribution in [0.25, 0.3) is 5.57 Å². The molecule has 60 valence electrons. The number of allylic oxidation sites excluding steroid dienone is 2. The number of benzene rings is 1. The summed E-state index contributed by atoms with van der Waals surface area (Å²) in [4.78, 5) is 0. The van der Waals surface area contributed by atoms with Crippen LogP contribution in [0.4, 0.5) is 0 Å². The van der Waals surface area contributed by atoms with Crippen LogP contribution in [0.15, 0.2) is 29.8 Å². The Bertz CT molecular complexity index is 371. The van der Waals surface area contributed by atoms with Crippen molar-refractivity contribution in [3.8, 4) is 0 Å². The summed E-state index contributed by atoms with van der Waals surface area (Å²) in [6, 6.07) is 8.83. The molecular weight excluding hydrogens is 144 g/mol. The number of hydrogen-bond acceptors (Lipinski definition) is 0. The van der Waals surface area contributed by atoms with Crippen LogP contribution in [-0.4, -0.2) is 0 Å². The Labute approximate surface area is 72.9 Å². The zero-order chi connectivity index (χ0) is 8.13. The van der Waals surface area contributed by atoms with Gasteiger partial charge >= 0.3 is 0 Å². The van der Waals surface area contributed by atoms with Gasteiger partial charge in [0.2, 0.25) is 0 Å². The standard InChI is InChI=1S/C12H12/c1-8-6-12-10-5-3-2-4-9(10)7-11(8)12/h2-5,8H,6-7H2,1H3. The smallest absolute Gasteiger partial charge is 0.00522 e. The molecule has 1 atom stereocenters. The van der Waals surface area contributed by atoms with E-state index in [9.17, 15) is 0 Å². The molecule has 12 heavy (non-hydrogen) atoms. The lowest BCUT2D eigenvalue weighted by molar-refractivity contribution is 0.638. The Kier molecular flexibility index (Phi) is 1.08. The van der Waals surface area contributed by atoms with E-state index in [0.717, 1.165) is 5.92 Å². The Morgan fingerprint density at radius 3 is 2.92 bits per heavy atom. The normalized spacial score (nSPS) is 24.9. The summed E-state index contributed by atoms with van der Waals surface area (Å²) in [6.07, 6.45) is 2.54. The molecule has 0 aromatic heterocycles. The maximum absolute atomic E-state index is 2.34. The first-order valence-corrected chi connectivity index (χ1v) is 4.66. The van der Waals surface area contributed by atoms with Gasteiger partial charge in [-0.25, -0.2) is 0 Å². The van der Waals surface area contributed by atoms with Crippen molar-refractivity contribution in [1.29, 1.82) is 0 Å². The SMILES string of the molecule is CC1CC2=C1Cc1ccccc12. The van der Waals surface area contributed by atoms with E-state index in [0.29, 0.717) is 0 Å². The summed E-state index contributed by atoms with van der Waals surface area (Å²) in [7, 11) is 0. The minimum absolute atomic E-state index is 0.854. The molecule has 1 unspecified atom stereocenters. The predicted molar refractivity (Wildman–Crippen MR) is 50.8 cm³/mol. The van der Waals surface area contributed by atoms with Gasteiger partial charge in [-0.05, 0) is 35.5 Å². The minimum atomic E-state index is 0.854.